The first-order valence-electron chi connectivity index (χ1n) is 10.4. The van der Waals surface area contributed by atoms with Gasteiger partial charge in [0, 0.05) is 35.7 Å². The zero-order valence-electron chi connectivity index (χ0n) is 18.6. The van der Waals surface area contributed by atoms with Gasteiger partial charge in [-0.3, -0.25) is 35.5 Å². The van der Waals surface area contributed by atoms with Gasteiger partial charge in [-0.1, -0.05) is 12.1 Å². The maximum atomic E-state index is 13.6. The number of non-ortho nitro benzene ring substituents is 1. The third kappa shape index (κ3) is 5.37. The number of nitrogens with zero attached hydrogens (tertiary/aromatic N) is 4. The van der Waals surface area contributed by atoms with Crippen molar-refractivity contribution in [3.05, 3.63) is 100 Å². The van der Waals surface area contributed by atoms with Crippen molar-refractivity contribution < 1.29 is 28.8 Å². The van der Waals surface area contributed by atoms with E-state index in [1.807, 2.05) is 5.43 Å². The van der Waals surface area contributed by atoms with Crippen molar-refractivity contribution in [3.8, 4) is 22.4 Å². The van der Waals surface area contributed by atoms with Gasteiger partial charge in [-0.2, -0.15) is 9.89 Å². The Morgan fingerprint density at radius 2 is 1.70 bits per heavy atom. The summed E-state index contributed by atoms with van der Waals surface area (Å²) in [6, 6.07) is 13.1. The molecule has 0 aliphatic rings. The molecule has 0 aliphatic carbocycles. The van der Waals surface area contributed by atoms with Gasteiger partial charge in [0.1, 0.15) is 11.5 Å². The summed E-state index contributed by atoms with van der Waals surface area (Å²) in [7, 11) is 0. The minimum atomic E-state index is -1.58. The van der Waals surface area contributed by atoms with Crippen LogP contribution in [0.15, 0.2) is 73.1 Å². The molecule has 0 radical (unpaired) electrons. The molecule has 0 unspecified atom stereocenters. The summed E-state index contributed by atoms with van der Waals surface area (Å²) in [5.74, 6) is -2.28. The number of benzene rings is 2. The number of pyridine rings is 1. The Balaban J connectivity index is 1.85. The maximum absolute atomic E-state index is 13.6. The van der Waals surface area contributed by atoms with Gasteiger partial charge in [-0.15, -0.1) is 0 Å². The monoisotopic (exact) mass is 505 g/mol. The van der Waals surface area contributed by atoms with Crippen LogP contribution in [0.1, 0.15) is 20.8 Å². The van der Waals surface area contributed by atoms with Crippen LogP contribution in [0.25, 0.3) is 22.4 Å². The van der Waals surface area contributed by atoms with Crippen LogP contribution in [0.5, 0.6) is 0 Å². The highest BCUT2D eigenvalue weighted by atomic mass is 19.1. The average Bonchev–Trinajstić information content (AvgIpc) is 3.26. The fourth-order valence-corrected chi connectivity index (χ4v) is 3.40. The number of aromatic nitrogens is 3. The van der Waals surface area contributed by atoms with Gasteiger partial charge >= 0.3 is 6.09 Å². The van der Waals surface area contributed by atoms with Crippen LogP contribution in [-0.2, 0) is 0 Å². The van der Waals surface area contributed by atoms with Crippen molar-refractivity contribution in [1.29, 1.82) is 0 Å². The fourth-order valence-electron chi connectivity index (χ4n) is 3.40. The molecule has 3 amide bonds. The van der Waals surface area contributed by atoms with E-state index < -0.39 is 34.3 Å². The van der Waals surface area contributed by atoms with Crippen LogP contribution >= 0.6 is 0 Å². The summed E-state index contributed by atoms with van der Waals surface area (Å²) in [4.78, 5) is 52.3. The van der Waals surface area contributed by atoms with Crippen molar-refractivity contribution in [2.45, 2.75) is 0 Å². The quantitative estimate of drug-likeness (QED) is 0.228. The van der Waals surface area contributed by atoms with E-state index in [1.54, 1.807) is 0 Å². The summed E-state index contributed by atoms with van der Waals surface area (Å²) in [5, 5.41) is 24.9. The molecular weight excluding hydrogens is 489 g/mol. The van der Waals surface area contributed by atoms with Gasteiger partial charge in [0.25, 0.3) is 17.5 Å². The van der Waals surface area contributed by atoms with Gasteiger partial charge in [0.15, 0.2) is 5.69 Å². The highest BCUT2D eigenvalue weighted by molar-refractivity contribution is 6.05. The molecule has 0 bridgehead atoms. The molecule has 0 aliphatic heterocycles. The zero-order chi connectivity index (χ0) is 26.5. The fraction of sp³-hybridized carbons (Fsp3) is 0. The minimum Gasteiger partial charge on any atom is -0.464 e. The minimum absolute atomic E-state index is 0.0120. The second-order valence-corrected chi connectivity index (χ2v) is 7.37. The van der Waals surface area contributed by atoms with E-state index >= 15 is 0 Å². The van der Waals surface area contributed by atoms with Crippen LogP contribution in [-0.4, -0.2) is 42.8 Å². The molecule has 37 heavy (non-hydrogen) atoms. The molecule has 0 saturated carbocycles. The molecule has 4 rings (SSSR count). The molecule has 0 saturated heterocycles. The van der Waals surface area contributed by atoms with Crippen molar-refractivity contribution in [1.82, 2.24) is 25.7 Å². The lowest BCUT2D eigenvalue weighted by Crippen LogP contribution is -2.43. The Hall–Kier alpha value is -5.66. The third-order valence-electron chi connectivity index (χ3n) is 4.98. The van der Waals surface area contributed by atoms with Gasteiger partial charge in [-0.05, 0) is 42.0 Å². The Bertz CT molecular complexity index is 1510. The Morgan fingerprint density at radius 1 is 0.973 bits per heavy atom. The number of nitrogens with one attached hydrogen (secondary N) is 3. The first-order chi connectivity index (χ1) is 17.7. The summed E-state index contributed by atoms with van der Waals surface area (Å²) in [6.45, 7) is 0. The topological polar surface area (TPSA) is 181 Å². The van der Waals surface area contributed by atoms with Crippen molar-refractivity contribution in [2.75, 3.05) is 5.43 Å². The van der Waals surface area contributed by atoms with Gasteiger partial charge < -0.3 is 5.11 Å². The molecule has 4 aromatic rings. The van der Waals surface area contributed by atoms with Gasteiger partial charge in [0.2, 0.25) is 0 Å². The molecular formula is C23H16FN7O6. The van der Waals surface area contributed by atoms with E-state index in [0.29, 0.717) is 4.79 Å². The molecule has 0 spiro atoms. The molecule has 0 atom stereocenters. The lowest BCUT2D eigenvalue weighted by Gasteiger charge is -2.11. The zero-order valence-corrected chi connectivity index (χ0v) is 18.6. The van der Waals surface area contributed by atoms with E-state index in [2.05, 4.69) is 20.9 Å². The lowest BCUT2D eigenvalue weighted by molar-refractivity contribution is -0.384. The average molecular weight is 505 g/mol. The molecule has 14 heteroatoms. The molecule has 13 nitrogen and oxygen atoms in total. The summed E-state index contributed by atoms with van der Waals surface area (Å²) in [6.07, 6.45) is 1.14. The van der Waals surface area contributed by atoms with Gasteiger partial charge in [0.05, 0.1) is 10.5 Å². The number of hydrogen-bond donors (Lipinski definition) is 4. The maximum Gasteiger partial charge on any atom is 0.425 e. The normalized spacial score (nSPS) is 10.4. The Labute approximate surface area is 206 Å². The van der Waals surface area contributed by atoms with Crippen molar-refractivity contribution >= 4 is 23.6 Å². The second kappa shape index (κ2) is 10.3. The summed E-state index contributed by atoms with van der Waals surface area (Å²) >= 11 is 0. The largest absolute Gasteiger partial charge is 0.464 e. The van der Waals surface area contributed by atoms with E-state index in [4.69, 9.17) is 0 Å². The molecule has 0 fully saturated rings. The van der Waals surface area contributed by atoms with E-state index in [0.717, 1.165) is 12.1 Å². The Morgan fingerprint density at radius 3 is 2.35 bits per heavy atom. The number of carbonyl (C=O) groups excluding carboxylic acids is 2. The number of rotatable bonds is 6. The first kappa shape index (κ1) is 24.5. The van der Waals surface area contributed by atoms with Crippen LogP contribution < -0.4 is 16.3 Å². The van der Waals surface area contributed by atoms with Crippen LogP contribution in [0.3, 0.4) is 0 Å². The number of carboxylic acid groups (broad SMARTS) is 1. The number of halogens is 1. The molecule has 2 aromatic heterocycles. The number of carbonyl (C=O) groups is 3. The van der Waals surface area contributed by atoms with Crippen LogP contribution in [0.2, 0.25) is 0 Å². The highest BCUT2D eigenvalue weighted by Gasteiger charge is 2.28. The highest BCUT2D eigenvalue weighted by Crippen LogP contribution is 2.36. The first-order valence-corrected chi connectivity index (χ1v) is 10.4. The summed E-state index contributed by atoms with van der Waals surface area (Å²) < 4.78 is 13.6. The molecule has 2 heterocycles. The van der Waals surface area contributed by atoms with Crippen LogP contribution in [0, 0.1) is 15.9 Å². The predicted octanol–water partition coefficient (Wildman–Crippen LogP) is 2.96. The smallest absolute Gasteiger partial charge is 0.425 e. The number of nitro groups is 1. The number of hydrazine groups is 1. The van der Waals surface area contributed by atoms with Crippen molar-refractivity contribution in [2.24, 2.45) is 0 Å². The number of hydrogen-bond acceptors (Lipinski definition) is 7. The molecule has 186 valence electrons. The number of amides is 3. The van der Waals surface area contributed by atoms with E-state index in [1.165, 1.54) is 60.9 Å². The molecule has 2 aromatic carbocycles. The summed E-state index contributed by atoms with van der Waals surface area (Å²) in [5.41, 5.74) is 6.15. The Kier molecular flexibility index (Phi) is 6.81. The van der Waals surface area contributed by atoms with E-state index in [-0.39, 0.29) is 33.6 Å². The predicted molar refractivity (Wildman–Crippen MR) is 126 cm³/mol. The second-order valence-electron chi connectivity index (χ2n) is 7.37. The lowest BCUT2D eigenvalue weighted by atomic mass is 9.98. The molecule has 4 N–H and O–H groups in total. The standard InChI is InChI=1S/C23H16FN7O6/c24-16-8-6-13(7-9-16)19-18(14-3-1-5-17(11-14)31(36)37)20(30(28-19)29-23(34)35)22(33)27-26-21(32)15-4-2-10-25-12-15/h1-12,29H,(H,26,32)(H,27,33)(H,34,35). The third-order valence-corrected chi connectivity index (χ3v) is 4.98. The SMILES string of the molecule is O=C(O)Nn1nc(-c2ccc(F)cc2)c(-c2cccc([N+](=O)[O-])c2)c1C(=O)NNC(=O)c1cccnc1. The van der Waals surface area contributed by atoms with Gasteiger partial charge in [-0.25, -0.2) is 14.6 Å². The van der Waals surface area contributed by atoms with Crippen LogP contribution in [0.4, 0.5) is 14.9 Å². The van der Waals surface area contributed by atoms with E-state index in [9.17, 15) is 34.0 Å². The van der Waals surface area contributed by atoms with Crippen molar-refractivity contribution in [3.63, 3.8) is 0 Å². The number of nitro benzene ring substituents is 1.